The molecule has 1 aromatic heterocycles. The van der Waals surface area contributed by atoms with E-state index >= 15 is 0 Å². The number of esters is 4. The molecular formula is C31H33NO9S. The van der Waals surface area contributed by atoms with E-state index in [4.69, 9.17) is 29.4 Å². The maximum absolute atomic E-state index is 12.2. The largest absolute Gasteiger partial charge is 0.455 e. The minimum Gasteiger partial charge on any atom is -0.455 e. The molecule has 0 spiro atoms. The number of ether oxygens (including phenoxy) is 5. The van der Waals surface area contributed by atoms with Crippen molar-refractivity contribution in [2.45, 2.75) is 71.7 Å². The lowest BCUT2D eigenvalue weighted by atomic mass is 9.90. The fraction of sp³-hybridized carbons (Fsp3) is 0.355. The third-order valence-electron chi connectivity index (χ3n) is 6.58. The van der Waals surface area contributed by atoms with Crippen molar-refractivity contribution >= 4 is 40.9 Å². The first-order valence-corrected chi connectivity index (χ1v) is 14.1. The average Bonchev–Trinajstić information content (AvgIpc) is 3.36. The molecule has 0 aliphatic carbocycles. The Morgan fingerprint density at radius 3 is 2.07 bits per heavy atom. The van der Waals surface area contributed by atoms with Crippen LogP contribution >= 0.6 is 11.3 Å². The van der Waals surface area contributed by atoms with Crippen molar-refractivity contribution in [3.63, 3.8) is 0 Å². The molecule has 5 atom stereocenters. The summed E-state index contributed by atoms with van der Waals surface area (Å²) >= 11 is 1.65. The standard InChI is InChI=1S/C31H33NO9S/c1-16-9-10-22(13-23(16)15-25-11-12-26(42-25)21-7-6-8-24(32)14-21)27-28(37-17(2)33)29(38-18(3)34)30(39-19(4)35)31(41-27)40-20(5)36/h6-14,27-31H,15,32H2,1-5H3/t27?,28-,29+,30-,31-/m0/s1. The summed E-state index contributed by atoms with van der Waals surface area (Å²) in [6.45, 7) is 6.68. The zero-order valence-corrected chi connectivity index (χ0v) is 24.8. The normalized spacial score (nSPS) is 21.7. The van der Waals surface area contributed by atoms with E-state index in [9.17, 15) is 19.2 Å². The highest BCUT2D eigenvalue weighted by atomic mass is 32.1. The summed E-state index contributed by atoms with van der Waals surface area (Å²) in [7, 11) is 0. The molecular weight excluding hydrogens is 562 g/mol. The third kappa shape index (κ3) is 7.54. The zero-order chi connectivity index (χ0) is 30.6. The molecule has 222 valence electrons. The van der Waals surface area contributed by atoms with Gasteiger partial charge in [0.1, 0.15) is 6.10 Å². The number of anilines is 1. The number of hydrogen-bond donors (Lipinski definition) is 1. The minimum atomic E-state index is -1.43. The molecule has 1 saturated heterocycles. The van der Waals surface area contributed by atoms with Crippen molar-refractivity contribution in [1.29, 1.82) is 0 Å². The predicted molar refractivity (Wildman–Crippen MR) is 154 cm³/mol. The van der Waals surface area contributed by atoms with Crippen LogP contribution in [0.25, 0.3) is 10.4 Å². The highest BCUT2D eigenvalue weighted by molar-refractivity contribution is 7.15. The fourth-order valence-corrected chi connectivity index (χ4v) is 5.89. The summed E-state index contributed by atoms with van der Waals surface area (Å²) in [4.78, 5) is 50.4. The Morgan fingerprint density at radius 1 is 0.786 bits per heavy atom. The number of nitrogens with two attached hydrogens (primary N) is 1. The SMILES string of the molecule is CC(=O)O[C@H]1OC(c2ccc(C)c(Cc3ccc(-c4cccc(N)c4)s3)c2)[C@H](OC(C)=O)[C@@H](OC(C)=O)[C@@H]1OC(C)=O. The van der Waals surface area contributed by atoms with Gasteiger partial charge in [0.05, 0.1) is 0 Å². The highest BCUT2D eigenvalue weighted by Crippen LogP contribution is 2.39. The zero-order valence-electron chi connectivity index (χ0n) is 23.9. The molecule has 11 heteroatoms. The maximum atomic E-state index is 12.2. The van der Waals surface area contributed by atoms with E-state index in [2.05, 4.69) is 12.1 Å². The van der Waals surface area contributed by atoms with Crippen LogP contribution in [0.1, 0.15) is 55.4 Å². The van der Waals surface area contributed by atoms with Gasteiger partial charge in [0, 0.05) is 49.6 Å². The van der Waals surface area contributed by atoms with Gasteiger partial charge in [-0.25, -0.2) is 0 Å². The summed E-state index contributed by atoms with van der Waals surface area (Å²) < 4.78 is 28.0. The van der Waals surface area contributed by atoms with Gasteiger partial charge in [-0.1, -0.05) is 30.3 Å². The summed E-state index contributed by atoms with van der Waals surface area (Å²) in [5.41, 5.74) is 10.3. The van der Waals surface area contributed by atoms with Crippen LogP contribution in [0, 0.1) is 6.92 Å². The molecule has 10 nitrogen and oxygen atoms in total. The van der Waals surface area contributed by atoms with Crippen molar-refractivity contribution in [3.8, 4) is 10.4 Å². The van der Waals surface area contributed by atoms with Crippen molar-refractivity contribution in [3.05, 3.63) is 76.2 Å². The van der Waals surface area contributed by atoms with Crippen LogP contribution < -0.4 is 5.73 Å². The molecule has 3 aromatic rings. The predicted octanol–water partition coefficient (Wildman–Crippen LogP) is 4.65. The summed E-state index contributed by atoms with van der Waals surface area (Å²) in [6.07, 6.45) is -5.77. The van der Waals surface area contributed by atoms with Gasteiger partial charge in [-0.05, 0) is 53.4 Å². The van der Waals surface area contributed by atoms with E-state index in [1.54, 1.807) is 17.4 Å². The Kier molecular flexibility index (Phi) is 9.64. The second-order valence-corrected chi connectivity index (χ2v) is 11.2. The van der Waals surface area contributed by atoms with Gasteiger partial charge in [0.15, 0.2) is 12.2 Å². The molecule has 2 N–H and O–H groups in total. The number of carbonyl (C=O) groups is 4. The van der Waals surface area contributed by atoms with Gasteiger partial charge in [-0.15, -0.1) is 11.3 Å². The van der Waals surface area contributed by atoms with Crippen LogP contribution in [0.5, 0.6) is 0 Å². The topological polar surface area (TPSA) is 140 Å². The summed E-state index contributed by atoms with van der Waals surface area (Å²) in [5.74, 6) is -2.82. The molecule has 1 fully saturated rings. The van der Waals surface area contributed by atoms with Crippen LogP contribution in [0.4, 0.5) is 5.69 Å². The van der Waals surface area contributed by atoms with Crippen LogP contribution in [0.15, 0.2) is 54.6 Å². The molecule has 1 unspecified atom stereocenters. The van der Waals surface area contributed by atoms with E-state index in [-0.39, 0.29) is 0 Å². The first-order chi connectivity index (χ1) is 19.9. The summed E-state index contributed by atoms with van der Waals surface area (Å²) in [5, 5.41) is 0. The van der Waals surface area contributed by atoms with E-state index in [0.29, 0.717) is 17.7 Å². The van der Waals surface area contributed by atoms with Gasteiger partial charge >= 0.3 is 23.9 Å². The number of thiophene rings is 1. The van der Waals surface area contributed by atoms with Gasteiger partial charge in [0.2, 0.25) is 12.4 Å². The van der Waals surface area contributed by atoms with Crippen molar-refractivity contribution in [2.75, 3.05) is 5.73 Å². The van der Waals surface area contributed by atoms with Crippen molar-refractivity contribution < 1.29 is 42.9 Å². The van der Waals surface area contributed by atoms with E-state index in [1.807, 2.05) is 43.3 Å². The Hall–Kier alpha value is -4.22. The van der Waals surface area contributed by atoms with Crippen LogP contribution in [-0.4, -0.2) is 48.5 Å². The smallest absolute Gasteiger partial charge is 0.305 e. The molecule has 0 bridgehead atoms. The van der Waals surface area contributed by atoms with E-state index in [0.717, 1.165) is 33.4 Å². The van der Waals surface area contributed by atoms with Gasteiger partial charge in [-0.3, -0.25) is 19.2 Å². The second-order valence-electron chi connectivity index (χ2n) is 10.0. The number of rotatable bonds is 8. The van der Waals surface area contributed by atoms with E-state index in [1.165, 1.54) is 20.8 Å². The van der Waals surface area contributed by atoms with Crippen LogP contribution in [-0.2, 0) is 49.3 Å². The summed E-state index contributed by atoms with van der Waals surface area (Å²) in [6, 6.07) is 17.4. The number of hydrogen-bond acceptors (Lipinski definition) is 11. The Morgan fingerprint density at radius 2 is 1.43 bits per heavy atom. The second kappa shape index (κ2) is 13.2. The third-order valence-corrected chi connectivity index (χ3v) is 7.72. The van der Waals surface area contributed by atoms with Gasteiger partial charge in [-0.2, -0.15) is 0 Å². The first kappa shape index (κ1) is 30.7. The molecule has 1 aliphatic heterocycles. The number of benzene rings is 2. The Balaban J connectivity index is 1.71. The lowest BCUT2D eigenvalue weighted by Gasteiger charge is -2.44. The minimum absolute atomic E-state index is 0.588. The van der Waals surface area contributed by atoms with Crippen LogP contribution in [0.3, 0.4) is 0 Å². The molecule has 42 heavy (non-hydrogen) atoms. The average molecular weight is 596 g/mol. The highest BCUT2D eigenvalue weighted by Gasteiger charge is 2.53. The lowest BCUT2D eigenvalue weighted by molar-refractivity contribution is -0.298. The molecule has 0 radical (unpaired) electrons. The van der Waals surface area contributed by atoms with Crippen molar-refractivity contribution in [2.24, 2.45) is 0 Å². The molecule has 4 rings (SSSR count). The van der Waals surface area contributed by atoms with Gasteiger partial charge in [0.25, 0.3) is 0 Å². The maximum Gasteiger partial charge on any atom is 0.305 e. The number of nitrogen functional groups attached to an aromatic ring is 1. The Labute approximate surface area is 247 Å². The number of carbonyl (C=O) groups excluding carboxylic acids is 4. The molecule has 0 saturated carbocycles. The molecule has 0 amide bonds. The molecule has 1 aliphatic rings. The fourth-order valence-electron chi connectivity index (χ4n) is 4.87. The number of aryl methyl sites for hydroxylation is 1. The molecule has 2 aromatic carbocycles. The Bertz CT molecular complexity index is 1480. The molecule has 2 heterocycles. The first-order valence-electron chi connectivity index (χ1n) is 13.3. The van der Waals surface area contributed by atoms with Crippen molar-refractivity contribution in [1.82, 2.24) is 0 Å². The lowest BCUT2D eigenvalue weighted by Crippen LogP contribution is -2.59. The van der Waals surface area contributed by atoms with E-state index < -0.39 is 54.6 Å². The van der Waals surface area contributed by atoms with Crippen LogP contribution in [0.2, 0.25) is 0 Å². The monoisotopic (exact) mass is 595 g/mol. The van der Waals surface area contributed by atoms with Gasteiger partial charge < -0.3 is 29.4 Å². The quantitative estimate of drug-likeness (QED) is 0.222.